The van der Waals surface area contributed by atoms with Gasteiger partial charge in [0, 0.05) is 18.2 Å². The van der Waals surface area contributed by atoms with Gasteiger partial charge in [-0.1, -0.05) is 13.8 Å². The number of aliphatic hydroxyl groups is 1. The van der Waals surface area contributed by atoms with E-state index in [9.17, 15) is 5.11 Å². The van der Waals surface area contributed by atoms with E-state index in [-0.39, 0.29) is 12.1 Å². The number of nitrogens with one attached hydrogen (secondary N) is 1. The SMILES string of the molecule is CCC(NC(C)(CC)CO)C1CCOC1. The smallest absolute Gasteiger partial charge is 0.0610 e. The van der Waals surface area contributed by atoms with Gasteiger partial charge in [-0.15, -0.1) is 0 Å². The first-order chi connectivity index (χ1) is 7.15. The minimum Gasteiger partial charge on any atom is -0.394 e. The summed E-state index contributed by atoms with van der Waals surface area (Å²) >= 11 is 0. The molecule has 1 rings (SSSR count). The second-order valence-corrected chi connectivity index (χ2v) is 4.86. The molecular formula is C12H25NO2. The van der Waals surface area contributed by atoms with E-state index in [1.54, 1.807) is 0 Å². The molecular weight excluding hydrogens is 190 g/mol. The molecule has 0 radical (unpaired) electrons. The highest BCUT2D eigenvalue weighted by atomic mass is 16.5. The molecule has 0 bridgehead atoms. The van der Waals surface area contributed by atoms with Crippen LogP contribution in [0.15, 0.2) is 0 Å². The summed E-state index contributed by atoms with van der Waals surface area (Å²) in [7, 11) is 0. The van der Waals surface area contributed by atoms with Gasteiger partial charge in [0.2, 0.25) is 0 Å². The van der Waals surface area contributed by atoms with Crippen LogP contribution in [0.1, 0.15) is 40.0 Å². The molecule has 0 aromatic heterocycles. The summed E-state index contributed by atoms with van der Waals surface area (Å²) in [6, 6.07) is 0.476. The molecule has 0 aliphatic carbocycles. The van der Waals surface area contributed by atoms with Crippen LogP contribution in [0.5, 0.6) is 0 Å². The van der Waals surface area contributed by atoms with Crippen LogP contribution >= 0.6 is 0 Å². The van der Waals surface area contributed by atoms with Crippen molar-refractivity contribution >= 4 is 0 Å². The fraction of sp³-hybridized carbons (Fsp3) is 1.00. The van der Waals surface area contributed by atoms with Gasteiger partial charge in [0.15, 0.2) is 0 Å². The number of hydrogen-bond donors (Lipinski definition) is 2. The Kier molecular flexibility index (Phi) is 5.03. The van der Waals surface area contributed by atoms with Crippen molar-refractivity contribution in [2.45, 2.75) is 51.6 Å². The summed E-state index contributed by atoms with van der Waals surface area (Å²) in [6.45, 7) is 8.37. The molecule has 0 aromatic carbocycles. The quantitative estimate of drug-likeness (QED) is 0.706. The minimum absolute atomic E-state index is 0.136. The Labute approximate surface area is 93.2 Å². The van der Waals surface area contributed by atoms with E-state index in [4.69, 9.17) is 4.74 Å². The van der Waals surface area contributed by atoms with Crippen molar-refractivity contribution in [3.05, 3.63) is 0 Å². The zero-order valence-electron chi connectivity index (χ0n) is 10.3. The summed E-state index contributed by atoms with van der Waals surface area (Å²) in [5.74, 6) is 0.618. The number of ether oxygens (including phenoxy) is 1. The molecule has 1 fully saturated rings. The molecule has 1 heterocycles. The van der Waals surface area contributed by atoms with Gasteiger partial charge < -0.3 is 15.2 Å². The van der Waals surface area contributed by atoms with Gasteiger partial charge >= 0.3 is 0 Å². The fourth-order valence-corrected chi connectivity index (χ4v) is 2.13. The van der Waals surface area contributed by atoms with Crippen molar-refractivity contribution in [2.24, 2.45) is 5.92 Å². The molecule has 1 aliphatic heterocycles. The molecule has 3 nitrogen and oxygen atoms in total. The molecule has 3 unspecified atom stereocenters. The Morgan fingerprint density at radius 2 is 2.27 bits per heavy atom. The number of hydrogen-bond acceptors (Lipinski definition) is 3. The zero-order chi connectivity index (χ0) is 11.3. The lowest BCUT2D eigenvalue weighted by Gasteiger charge is -2.35. The average molecular weight is 215 g/mol. The summed E-state index contributed by atoms with van der Waals surface area (Å²) in [4.78, 5) is 0. The third-order valence-corrected chi connectivity index (χ3v) is 3.64. The lowest BCUT2D eigenvalue weighted by molar-refractivity contribution is 0.130. The van der Waals surface area contributed by atoms with Gasteiger partial charge in [0.1, 0.15) is 0 Å². The Bertz CT molecular complexity index is 174. The van der Waals surface area contributed by atoms with Gasteiger partial charge in [-0.25, -0.2) is 0 Å². The van der Waals surface area contributed by atoms with E-state index < -0.39 is 0 Å². The molecule has 1 aliphatic rings. The van der Waals surface area contributed by atoms with Crippen molar-refractivity contribution in [3.63, 3.8) is 0 Å². The van der Waals surface area contributed by atoms with Crippen LogP contribution in [0.2, 0.25) is 0 Å². The van der Waals surface area contributed by atoms with Crippen molar-refractivity contribution in [1.29, 1.82) is 0 Å². The first-order valence-corrected chi connectivity index (χ1v) is 6.11. The first kappa shape index (κ1) is 12.9. The molecule has 2 N–H and O–H groups in total. The lowest BCUT2D eigenvalue weighted by atomic mass is 9.91. The molecule has 90 valence electrons. The molecule has 15 heavy (non-hydrogen) atoms. The van der Waals surface area contributed by atoms with Gasteiger partial charge in [0.25, 0.3) is 0 Å². The summed E-state index contributed by atoms with van der Waals surface area (Å²) in [6.07, 6.45) is 3.20. The van der Waals surface area contributed by atoms with Crippen LogP contribution in [0.25, 0.3) is 0 Å². The van der Waals surface area contributed by atoms with E-state index >= 15 is 0 Å². The van der Waals surface area contributed by atoms with E-state index in [1.807, 2.05) is 0 Å². The zero-order valence-corrected chi connectivity index (χ0v) is 10.3. The average Bonchev–Trinajstić information content (AvgIpc) is 2.79. The third kappa shape index (κ3) is 3.44. The van der Waals surface area contributed by atoms with Crippen molar-refractivity contribution < 1.29 is 9.84 Å². The number of rotatable bonds is 6. The van der Waals surface area contributed by atoms with Gasteiger partial charge in [-0.3, -0.25) is 0 Å². The van der Waals surface area contributed by atoms with Gasteiger partial charge in [-0.2, -0.15) is 0 Å². The molecule has 3 atom stereocenters. The molecule has 0 amide bonds. The molecule has 0 spiro atoms. The first-order valence-electron chi connectivity index (χ1n) is 6.11. The Hall–Kier alpha value is -0.120. The highest BCUT2D eigenvalue weighted by Crippen LogP contribution is 2.22. The summed E-state index contributed by atoms with van der Waals surface area (Å²) in [5, 5.41) is 13.0. The van der Waals surface area contributed by atoms with Crippen LogP contribution in [0.3, 0.4) is 0 Å². The number of aliphatic hydroxyl groups excluding tert-OH is 1. The topological polar surface area (TPSA) is 41.5 Å². The maximum absolute atomic E-state index is 9.38. The van der Waals surface area contributed by atoms with Gasteiger partial charge in [-0.05, 0) is 32.1 Å². The van der Waals surface area contributed by atoms with Crippen LogP contribution in [0, 0.1) is 5.92 Å². The molecule has 0 saturated carbocycles. The monoisotopic (exact) mass is 215 g/mol. The van der Waals surface area contributed by atoms with Gasteiger partial charge in [0.05, 0.1) is 13.2 Å². The summed E-state index contributed by atoms with van der Waals surface area (Å²) < 4.78 is 5.42. The predicted molar refractivity (Wildman–Crippen MR) is 61.9 cm³/mol. The Morgan fingerprint density at radius 3 is 2.67 bits per heavy atom. The van der Waals surface area contributed by atoms with E-state index in [0.29, 0.717) is 12.0 Å². The minimum atomic E-state index is -0.136. The van der Waals surface area contributed by atoms with Crippen LogP contribution in [-0.4, -0.2) is 36.5 Å². The maximum atomic E-state index is 9.38. The van der Waals surface area contributed by atoms with Crippen molar-refractivity contribution in [3.8, 4) is 0 Å². The van der Waals surface area contributed by atoms with Crippen molar-refractivity contribution in [2.75, 3.05) is 19.8 Å². The van der Waals surface area contributed by atoms with E-state index in [0.717, 1.165) is 32.5 Å². The molecule has 3 heteroatoms. The van der Waals surface area contributed by atoms with Crippen LogP contribution < -0.4 is 5.32 Å². The Balaban J connectivity index is 2.51. The van der Waals surface area contributed by atoms with Crippen molar-refractivity contribution in [1.82, 2.24) is 5.32 Å². The van der Waals surface area contributed by atoms with E-state index in [2.05, 4.69) is 26.1 Å². The standard InChI is InChI=1S/C12H25NO2/c1-4-11(10-6-7-15-8-10)13-12(3,5-2)9-14/h10-11,13-14H,4-9H2,1-3H3. The largest absolute Gasteiger partial charge is 0.394 e. The highest BCUT2D eigenvalue weighted by molar-refractivity contribution is 4.88. The normalized spacial score (nSPS) is 27.6. The lowest BCUT2D eigenvalue weighted by Crippen LogP contribution is -2.52. The maximum Gasteiger partial charge on any atom is 0.0610 e. The second-order valence-electron chi connectivity index (χ2n) is 4.86. The highest BCUT2D eigenvalue weighted by Gasteiger charge is 2.30. The third-order valence-electron chi connectivity index (χ3n) is 3.64. The van der Waals surface area contributed by atoms with E-state index in [1.165, 1.54) is 0 Å². The van der Waals surface area contributed by atoms with Crippen LogP contribution in [0.4, 0.5) is 0 Å². The fourth-order valence-electron chi connectivity index (χ4n) is 2.13. The molecule has 0 aromatic rings. The predicted octanol–water partition coefficient (Wildman–Crippen LogP) is 1.55. The van der Waals surface area contributed by atoms with Crippen LogP contribution in [-0.2, 0) is 4.74 Å². The summed E-state index contributed by atoms with van der Waals surface area (Å²) in [5.41, 5.74) is -0.136. The Morgan fingerprint density at radius 1 is 1.53 bits per heavy atom. The molecule has 1 saturated heterocycles. The second kappa shape index (κ2) is 5.83.